The number of pyridine rings is 1. The lowest BCUT2D eigenvalue weighted by molar-refractivity contribution is -0.146. The van der Waals surface area contributed by atoms with Gasteiger partial charge in [-0.1, -0.05) is 12.1 Å². The van der Waals surface area contributed by atoms with Crippen LogP contribution in [0.3, 0.4) is 0 Å². The average Bonchev–Trinajstić information content (AvgIpc) is 2.93. The lowest BCUT2D eigenvalue weighted by Crippen LogP contribution is -2.60. The lowest BCUT2D eigenvalue weighted by atomic mass is 10.0. The van der Waals surface area contributed by atoms with Gasteiger partial charge >= 0.3 is 0 Å². The number of nitrogens with zero attached hydrogens (tertiary/aromatic N) is 3. The van der Waals surface area contributed by atoms with Crippen LogP contribution in [0.5, 0.6) is 5.75 Å². The Morgan fingerprint density at radius 1 is 1.21 bits per heavy atom. The van der Waals surface area contributed by atoms with E-state index in [0.717, 1.165) is 24.5 Å². The molecule has 148 valence electrons. The maximum Gasteiger partial charge on any atom is 0.253 e. The van der Waals surface area contributed by atoms with Gasteiger partial charge in [-0.15, -0.1) is 0 Å². The molecule has 0 bridgehead atoms. The number of anilines is 1. The number of amides is 1. The van der Waals surface area contributed by atoms with E-state index in [1.54, 1.807) is 24.4 Å². The van der Waals surface area contributed by atoms with E-state index in [4.69, 9.17) is 14.2 Å². The van der Waals surface area contributed by atoms with Crippen molar-refractivity contribution in [1.82, 2.24) is 9.88 Å². The molecule has 7 nitrogen and oxygen atoms in total. The van der Waals surface area contributed by atoms with Gasteiger partial charge in [0, 0.05) is 25.8 Å². The fourth-order valence-corrected chi connectivity index (χ4v) is 3.75. The van der Waals surface area contributed by atoms with Crippen LogP contribution >= 0.6 is 0 Å². The third-order valence-electron chi connectivity index (χ3n) is 5.20. The number of hydrogen-bond donors (Lipinski definition) is 0. The van der Waals surface area contributed by atoms with Crippen molar-refractivity contribution < 1.29 is 19.0 Å². The Balaban J connectivity index is 1.50. The maximum absolute atomic E-state index is 12.4. The first kappa shape index (κ1) is 18.9. The van der Waals surface area contributed by atoms with E-state index in [1.807, 2.05) is 24.3 Å². The van der Waals surface area contributed by atoms with Crippen molar-refractivity contribution in [2.75, 3.05) is 51.5 Å². The summed E-state index contributed by atoms with van der Waals surface area (Å²) >= 11 is 0. The van der Waals surface area contributed by atoms with Crippen LogP contribution in [0.15, 0.2) is 48.8 Å². The smallest absolute Gasteiger partial charge is 0.253 e. The zero-order valence-electron chi connectivity index (χ0n) is 16.0. The van der Waals surface area contributed by atoms with E-state index in [2.05, 4.69) is 22.0 Å². The highest BCUT2D eigenvalue weighted by atomic mass is 16.6. The second kappa shape index (κ2) is 8.26. The molecule has 3 heterocycles. The van der Waals surface area contributed by atoms with Gasteiger partial charge in [-0.25, -0.2) is 0 Å². The van der Waals surface area contributed by atoms with Crippen LogP contribution in [0.4, 0.5) is 5.69 Å². The molecule has 0 radical (unpaired) electrons. The Kier molecular flexibility index (Phi) is 5.57. The van der Waals surface area contributed by atoms with Gasteiger partial charge in [0.2, 0.25) is 0 Å². The summed E-state index contributed by atoms with van der Waals surface area (Å²) in [5, 5.41) is 0. The molecule has 1 atom stereocenters. The van der Waals surface area contributed by atoms with E-state index in [1.165, 1.54) is 5.56 Å². The van der Waals surface area contributed by atoms with Crippen molar-refractivity contribution in [2.45, 2.75) is 12.1 Å². The average molecular weight is 383 g/mol. The summed E-state index contributed by atoms with van der Waals surface area (Å²) in [6, 6.07) is 11.8. The number of carbonyl (C=O) groups is 1. The molecular weight excluding hydrogens is 358 g/mol. The Morgan fingerprint density at radius 3 is 2.82 bits per heavy atom. The summed E-state index contributed by atoms with van der Waals surface area (Å²) in [6.45, 7) is 3.92. The third kappa shape index (κ3) is 4.16. The minimum Gasteiger partial charge on any atom is -0.497 e. The topological polar surface area (TPSA) is 64.1 Å². The first-order chi connectivity index (χ1) is 13.7. The van der Waals surface area contributed by atoms with Crippen molar-refractivity contribution in [3.63, 3.8) is 0 Å². The van der Waals surface area contributed by atoms with E-state index >= 15 is 0 Å². The van der Waals surface area contributed by atoms with Gasteiger partial charge in [0.15, 0.2) is 0 Å². The predicted molar refractivity (Wildman–Crippen MR) is 104 cm³/mol. The largest absolute Gasteiger partial charge is 0.497 e. The second-order valence-corrected chi connectivity index (χ2v) is 7.27. The molecule has 2 fully saturated rings. The summed E-state index contributed by atoms with van der Waals surface area (Å²) in [5.74, 6) is 0.797. The van der Waals surface area contributed by atoms with E-state index in [9.17, 15) is 4.79 Å². The SMILES string of the molecule is COc1ccc(CN2CCOC[C@@]3(C2)CN(c2cccnc2)C(=O)CO3)cc1. The second-order valence-electron chi connectivity index (χ2n) is 7.27. The molecule has 2 aromatic rings. The lowest BCUT2D eigenvalue weighted by Gasteiger charge is -2.43. The molecule has 0 unspecified atom stereocenters. The van der Waals surface area contributed by atoms with Gasteiger partial charge in [0.25, 0.3) is 5.91 Å². The monoisotopic (exact) mass is 383 g/mol. The molecule has 1 aromatic heterocycles. The molecule has 1 amide bonds. The number of hydrogen-bond acceptors (Lipinski definition) is 6. The minimum atomic E-state index is -0.549. The summed E-state index contributed by atoms with van der Waals surface area (Å²) in [5.41, 5.74) is 1.45. The number of carbonyl (C=O) groups excluding carboxylic acids is 1. The first-order valence-electron chi connectivity index (χ1n) is 9.45. The number of aromatic nitrogens is 1. The fourth-order valence-electron chi connectivity index (χ4n) is 3.75. The number of methoxy groups -OCH3 is 1. The quantitative estimate of drug-likeness (QED) is 0.801. The van der Waals surface area contributed by atoms with Gasteiger partial charge < -0.3 is 19.1 Å². The standard InChI is InChI=1S/C21H25N3O4/c1-26-19-6-4-17(5-7-19)12-23-9-10-27-16-21(14-23)15-24(20(25)13-28-21)18-3-2-8-22-11-18/h2-8,11H,9-10,12-16H2,1H3/t21-/m1/s1. The van der Waals surface area contributed by atoms with Crippen molar-refractivity contribution in [2.24, 2.45) is 0 Å². The molecule has 2 saturated heterocycles. The molecule has 2 aliphatic rings. The van der Waals surface area contributed by atoms with Crippen LogP contribution in [0, 0.1) is 0 Å². The van der Waals surface area contributed by atoms with Gasteiger partial charge in [0.05, 0.1) is 38.8 Å². The van der Waals surface area contributed by atoms with Gasteiger partial charge in [-0.2, -0.15) is 0 Å². The Bertz CT molecular complexity index is 799. The summed E-state index contributed by atoms with van der Waals surface area (Å²) in [6.07, 6.45) is 3.42. The van der Waals surface area contributed by atoms with Crippen molar-refractivity contribution in [3.05, 3.63) is 54.4 Å². The van der Waals surface area contributed by atoms with Crippen molar-refractivity contribution in [3.8, 4) is 5.75 Å². The highest BCUT2D eigenvalue weighted by molar-refractivity contribution is 5.95. The zero-order chi connectivity index (χ0) is 19.4. The minimum absolute atomic E-state index is 0.0502. The van der Waals surface area contributed by atoms with Crippen LogP contribution in [-0.2, 0) is 20.8 Å². The highest BCUT2D eigenvalue weighted by Crippen LogP contribution is 2.27. The number of ether oxygens (including phenoxy) is 3. The molecule has 7 heteroatoms. The van der Waals surface area contributed by atoms with Crippen LogP contribution in [0.25, 0.3) is 0 Å². The van der Waals surface area contributed by atoms with E-state index < -0.39 is 5.60 Å². The third-order valence-corrected chi connectivity index (χ3v) is 5.20. The summed E-state index contributed by atoms with van der Waals surface area (Å²) < 4.78 is 17.2. The Labute approximate surface area is 164 Å². The van der Waals surface area contributed by atoms with E-state index in [0.29, 0.717) is 26.3 Å². The molecule has 0 saturated carbocycles. The van der Waals surface area contributed by atoms with E-state index in [-0.39, 0.29) is 12.5 Å². The summed E-state index contributed by atoms with van der Waals surface area (Å²) in [4.78, 5) is 20.7. The molecule has 28 heavy (non-hydrogen) atoms. The highest BCUT2D eigenvalue weighted by Gasteiger charge is 2.43. The number of morpholine rings is 1. The van der Waals surface area contributed by atoms with Crippen LogP contribution in [0.1, 0.15) is 5.56 Å². The summed E-state index contributed by atoms with van der Waals surface area (Å²) in [7, 11) is 1.67. The fraction of sp³-hybridized carbons (Fsp3) is 0.429. The van der Waals surface area contributed by atoms with Gasteiger partial charge in [0.1, 0.15) is 18.0 Å². The number of rotatable bonds is 4. The molecule has 1 spiro atoms. The predicted octanol–water partition coefficient (Wildman–Crippen LogP) is 1.72. The van der Waals surface area contributed by atoms with Gasteiger partial charge in [-0.05, 0) is 29.8 Å². The van der Waals surface area contributed by atoms with Crippen LogP contribution in [0.2, 0.25) is 0 Å². The maximum atomic E-state index is 12.4. The molecule has 1 aromatic carbocycles. The normalized spacial score (nSPS) is 23.6. The molecule has 0 N–H and O–H groups in total. The molecule has 0 aliphatic carbocycles. The molecular formula is C21H25N3O4. The first-order valence-corrected chi connectivity index (χ1v) is 9.45. The molecule has 4 rings (SSSR count). The van der Waals surface area contributed by atoms with Crippen LogP contribution in [-0.4, -0.2) is 68.0 Å². The van der Waals surface area contributed by atoms with Crippen molar-refractivity contribution in [1.29, 1.82) is 0 Å². The zero-order valence-corrected chi connectivity index (χ0v) is 16.0. The van der Waals surface area contributed by atoms with Crippen LogP contribution < -0.4 is 9.64 Å². The number of benzene rings is 1. The van der Waals surface area contributed by atoms with Gasteiger partial charge in [-0.3, -0.25) is 14.7 Å². The Morgan fingerprint density at radius 2 is 2.07 bits per heavy atom. The molecule has 2 aliphatic heterocycles. The van der Waals surface area contributed by atoms with Crippen molar-refractivity contribution >= 4 is 11.6 Å². The Hall–Kier alpha value is -2.48.